The first kappa shape index (κ1) is 11.5. The average Bonchev–Trinajstić information content (AvgIpc) is 2.99. The van der Waals surface area contributed by atoms with Crippen molar-refractivity contribution in [2.24, 2.45) is 11.7 Å². The molecule has 16 heavy (non-hydrogen) atoms. The number of ether oxygens (including phenoxy) is 1. The number of carbonyl (C=O) groups excluding carboxylic acids is 1. The lowest BCUT2D eigenvalue weighted by molar-refractivity contribution is -0.117. The summed E-state index contributed by atoms with van der Waals surface area (Å²) in [6.07, 6.45) is 2.82. The van der Waals surface area contributed by atoms with E-state index in [0.29, 0.717) is 0 Å². The van der Waals surface area contributed by atoms with Gasteiger partial charge in [-0.2, -0.15) is 0 Å². The van der Waals surface area contributed by atoms with Crippen LogP contribution >= 0.6 is 15.9 Å². The van der Waals surface area contributed by atoms with E-state index in [1.54, 1.807) is 0 Å². The predicted molar refractivity (Wildman–Crippen MR) is 65.3 cm³/mol. The van der Waals surface area contributed by atoms with E-state index in [-0.39, 0.29) is 12.3 Å². The molecule has 1 fully saturated rings. The number of hydrogen-bond donors (Lipinski definition) is 1. The smallest absolute Gasteiger partial charge is 0.221 e. The molecule has 0 spiro atoms. The molecule has 0 bridgehead atoms. The molecule has 1 saturated carbocycles. The summed E-state index contributed by atoms with van der Waals surface area (Å²) in [5.41, 5.74) is 6.03. The van der Waals surface area contributed by atoms with E-state index in [1.165, 1.54) is 12.8 Å². The predicted octanol–water partition coefficient (Wildman–Crippen LogP) is 2.27. The Balaban J connectivity index is 2.00. The van der Waals surface area contributed by atoms with Crippen LogP contribution in [0.3, 0.4) is 0 Å². The zero-order valence-corrected chi connectivity index (χ0v) is 10.5. The van der Waals surface area contributed by atoms with Crippen molar-refractivity contribution in [3.63, 3.8) is 0 Å². The Kier molecular flexibility index (Phi) is 3.49. The van der Waals surface area contributed by atoms with Gasteiger partial charge in [-0.1, -0.05) is 6.07 Å². The van der Waals surface area contributed by atoms with Crippen molar-refractivity contribution in [1.82, 2.24) is 0 Å². The largest absolute Gasteiger partial charge is 0.492 e. The second-order valence-corrected chi connectivity index (χ2v) is 5.02. The van der Waals surface area contributed by atoms with Gasteiger partial charge in [0, 0.05) is 0 Å². The molecule has 0 heterocycles. The monoisotopic (exact) mass is 283 g/mol. The van der Waals surface area contributed by atoms with Crippen molar-refractivity contribution in [2.75, 3.05) is 6.61 Å². The molecular weight excluding hydrogens is 270 g/mol. The Hall–Kier alpha value is -1.03. The summed E-state index contributed by atoms with van der Waals surface area (Å²) in [5, 5.41) is 0. The molecular formula is C12H14BrNO2. The SMILES string of the molecule is NC(=O)Cc1ccc(OCC2CC2)c(Br)c1. The summed E-state index contributed by atoms with van der Waals surface area (Å²) < 4.78 is 6.54. The van der Waals surface area contributed by atoms with E-state index >= 15 is 0 Å². The third-order valence-corrected chi connectivity index (χ3v) is 3.17. The summed E-state index contributed by atoms with van der Waals surface area (Å²) in [5.74, 6) is 1.25. The van der Waals surface area contributed by atoms with Gasteiger partial charge in [-0.25, -0.2) is 0 Å². The molecule has 0 aliphatic heterocycles. The molecule has 0 aromatic heterocycles. The maximum atomic E-state index is 10.8. The van der Waals surface area contributed by atoms with E-state index < -0.39 is 0 Å². The highest BCUT2D eigenvalue weighted by atomic mass is 79.9. The molecule has 2 rings (SSSR count). The third kappa shape index (κ3) is 3.23. The molecule has 2 N–H and O–H groups in total. The Bertz CT molecular complexity index is 402. The van der Waals surface area contributed by atoms with Crippen LogP contribution in [-0.2, 0) is 11.2 Å². The van der Waals surface area contributed by atoms with Gasteiger partial charge < -0.3 is 10.5 Å². The summed E-state index contributed by atoms with van der Waals surface area (Å²) >= 11 is 3.43. The van der Waals surface area contributed by atoms with E-state index in [9.17, 15) is 4.79 Å². The highest BCUT2D eigenvalue weighted by Gasteiger charge is 2.22. The summed E-state index contributed by atoms with van der Waals surface area (Å²) in [7, 11) is 0. The average molecular weight is 284 g/mol. The van der Waals surface area contributed by atoms with Crippen molar-refractivity contribution in [3.8, 4) is 5.75 Å². The number of amides is 1. The number of hydrogen-bond acceptors (Lipinski definition) is 2. The van der Waals surface area contributed by atoms with Gasteiger partial charge in [-0.3, -0.25) is 4.79 Å². The molecule has 1 amide bonds. The topological polar surface area (TPSA) is 52.3 Å². The van der Waals surface area contributed by atoms with Gasteiger partial charge in [0.2, 0.25) is 5.91 Å². The fourth-order valence-corrected chi connectivity index (χ4v) is 2.01. The molecule has 3 nitrogen and oxygen atoms in total. The van der Waals surface area contributed by atoms with Gasteiger partial charge in [-0.05, 0) is 52.4 Å². The van der Waals surface area contributed by atoms with Crippen LogP contribution in [-0.4, -0.2) is 12.5 Å². The Morgan fingerprint density at radius 3 is 2.81 bits per heavy atom. The van der Waals surface area contributed by atoms with Crippen LogP contribution in [0.4, 0.5) is 0 Å². The fourth-order valence-electron chi connectivity index (χ4n) is 1.46. The van der Waals surface area contributed by atoms with Gasteiger partial charge >= 0.3 is 0 Å². The van der Waals surface area contributed by atoms with Crippen LogP contribution in [0, 0.1) is 5.92 Å². The maximum absolute atomic E-state index is 10.8. The Morgan fingerprint density at radius 2 is 2.25 bits per heavy atom. The fraction of sp³-hybridized carbons (Fsp3) is 0.417. The van der Waals surface area contributed by atoms with Crippen molar-refractivity contribution in [3.05, 3.63) is 28.2 Å². The van der Waals surface area contributed by atoms with E-state index in [2.05, 4.69) is 15.9 Å². The molecule has 86 valence electrons. The minimum atomic E-state index is -0.321. The first-order valence-electron chi connectivity index (χ1n) is 5.34. The highest BCUT2D eigenvalue weighted by Crippen LogP contribution is 2.32. The minimum Gasteiger partial charge on any atom is -0.492 e. The number of halogens is 1. The van der Waals surface area contributed by atoms with Crippen LogP contribution in [0.5, 0.6) is 5.75 Å². The van der Waals surface area contributed by atoms with Gasteiger partial charge in [0.1, 0.15) is 5.75 Å². The molecule has 4 heteroatoms. The summed E-state index contributed by atoms with van der Waals surface area (Å²) in [6, 6.07) is 5.63. The zero-order chi connectivity index (χ0) is 11.5. The van der Waals surface area contributed by atoms with E-state index in [1.807, 2.05) is 18.2 Å². The highest BCUT2D eigenvalue weighted by molar-refractivity contribution is 9.10. The number of carbonyl (C=O) groups is 1. The Morgan fingerprint density at radius 1 is 1.50 bits per heavy atom. The Labute approximate surface area is 103 Å². The van der Waals surface area contributed by atoms with Crippen LogP contribution in [0.2, 0.25) is 0 Å². The lowest BCUT2D eigenvalue weighted by atomic mass is 10.1. The first-order chi connectivity index (χ1) is 7.65. The number of rotatable bonds is 5. The van der Waals surface area contributed by atoms with E-state index in [0.717, 1.165) is 28.3 Å². The summed E-state index contributed by atoms with van der Waals surface area (Å²) in [4.78, 5) is 10.8. The van der Waals surface area contributed by atoms with Crippen molar-refractivity contribution >= 4 is 21.8 Å². The third-order valence-electron chi connectivity index (χ3n) is 2.55. The zero-order valence-electron chi connectivity index (χ0n) is 8.91. The molecule has 0 unspecified atom stereocenters. The lowest BCUT2D eigenvalue weighted by Gasteiger charge is -2.08. The van der Waals surface area contributed by atoms with Crippen LogP contribution < -0.4 is 10.5 Å². The lowest BCUT2D eigenvalue weighted by Crippen LogP contribution is -2.13. The maximum Gasteiger partial charge on any atom is 0.221 e. The number of primary amides is 1. The minimum absolute atomic E-state index is 0.265. The van der Waals surface area contributed by atoms with Gasteiger partial charge in [0.05, 0.1) is 17.5 Å². The van der Waals surface area contributed by atoms with Gasteiger partial charge in [0.15, 0.2) is 0 Å². The normalized spacial score (nSPS) is 14.8. The number of nitrogens with two attached hydrogens (primary N) is 1. The van der Waals surface area contributed by atoms with Crippen molar-refractivity contribution < 1.29 is 9.53 Å². The van der Waals surface area contributed by atoms with Crippen LogP contribution in [0.1, 0.15) is 18.4 Å². The van der Waals surface area contributed by atoms with Gasteiger partial charge in [-0.15, -0.1) is 0 Å². The standard InChI is InChI=1S/C12H14BrNO2/c13-10-5-9(6-12(14)15)3-4-11(10)16-7-8-1-2-8/h3-5,8H,1-2,6-7H2,(H2,14,15). The molecule has 1 aliphatic carbocycles. The molecule has 1 aromatic rings. The van der Waals surface area contributed by atoms with Crippen molar-refractivity contribution in [1.29, 1.82) is 0 Å². The molecule has 1 aromatic carbocycles. The summed E-state index contributed by atoms with van der Waals surface area (Å²) in [6.45, 7) is 0.785. The molecule has 0 saturated heterocycles. The first-order valence-corrected chi connectivity index (χ1v) is 6.14. The van der Waals surface area contributed by atoms with Crippen LogP contribution in [0.25, 0.3) is 0 Å². The van der Waals surface area contributed by atoms with E-state index in [4.69, 9.17) is 10.5 Å². The van der Waals surface area contributed by atoms with Crippen LogP contribution in [0.15, 0.2) is 22.7 Å². The quantitative estimate of drug-likeness (QED) is 0.901. The molecule has 0 radical (unpaired) electrons. The second-order valence-electron chi connectivity index (χ2n) is 4.16. The number of benzene rings is 1. The van der Waals surface area contributed by atoms with Gasteiger partial charge in [0.25, 0.3) is 0 Å². The second kappa shape index (κ2) is 4.87. The van der Waals surface area contributed by atoms with Crippen molar-refractivity contribution in [2.45, 2.75) is 19.3 Å². The molecule has 0 atom stereocenters. The molecule has 1 aliphatic rings.